The predicted molar refractivity (Wildman–Crippen MR) is 71.7 cm³/mol. The second-order valence-corrected chi connectivity index (χ2v) is 4.13. The SMILES string of the molecule is NCCN.O=C([O-])C(P)(OP)c1ccccc1.[Na+]. The maximum Gasteiger partial charge on any atom is 1.00 e. The number of aliphatic carboxylic acids is 1. The molecule has 18 heavy (non-hydrogen) atoms. The van der Waals surface area contributed by atoms with Crippen molar-refractivity contribution in [3.8, 4) is 0 Å². The van der Waals surface area contributed by atoms with E-state index in [0.717, 1.165) is 0 Å². The average molecular weight is 298 g/mol. The molecule has 5 nitrogen and oxygen atoms in total. The van der Waals surface area contributed by atoms with Gasteiger partial charge < -0.3 is 25.9 Å². The van der Waals surface area contributed by atoms with Gasteiger partial charge in [0.15, 0.2) is 0 Å². The first-order valence-corrected chi connectivity index (χ1v) is 5.91. The first kappa shape index (κ1) is 20.7. The number of hydrogen-bond donors (Lipinski definition) is 2. The molecule has 0 heterocycles. The Labute approximate surface area is 134 Å². The summed E-state index contributed by atoms with van der Waals surface area (Å²) >= 11 is 0. The van der Waals surface area contributed by atoms with Gasteiger partial charge in [-0.15, -0.1) is 0 Å². The third-order valence-electron chi connectivity index (χ3n) is 1.86. The van der Waals surface area contributed by atoms with Crippen molar-refractivity contribution in [3.05, 3.63) is 35.9 Å². The monoisotopic (exact) mass is 298 g/mol. The minimum absolute atomic E-state index is 0. The van der Waals surface area contributed by atoms with E-state index in [-0.39, 0.29) is 29.6 Å². The molecule has 0 saturated carbocycles. The molecule has 1 aromatic carbocycles. The number of carboxylic acids is 1. The van der Waals surface area contributed by atoms with Gasteiger partial charge in [-0.1, -0.05) is 39.6 Å². The van der Waals surface area contributed by atoms with Crippen molar-refractivity contribution < 1.29 is 44.0 Å². The summed E-state index contributed by atoms with van der Waals surface area (Å²) in [6.07, 6.45) is 0. The summed E-state index contributed by atoms with van der Waals surface area (Å²) in [6.45, 7) is 1.19. The Hall–Kier alpha value is 0.430. The van der Waals surface area contributed by atoms with Crippen molar-refractivity contribution in [2.45, 2.75) is 5.34 Å². The fourth-order valence-corrected chi connectivity index (χ4v) is 1.34. The average Bonchev–Trinajstić information content (AvgIpc) is 2.38. The molecule has 0 bridgehead atoms. The van der Waals surface area contributed by atoms with E-state index < -0.39 is 11.3 Å². The molecule has 0 spiro atoms. The van der Waals surface area contributed by atoms with Crippen molar-refractivity contribution >= 4 is 24.7 Å². The van der Waals surface area contributed by atoms with Crippen molar-refractivity contribution in [2.24, 2.45) is 11.5 Å². The van der Waals surface area contributed by atoms with E-state index in [2.05, 4.69) is 9.24 Å². The van der Waals surface area contributed by atoms with E-state index in [4.69, 9.17) is 16.0 Å². The Morgan fingerprint density at radius 1 is 1.28 bits per heavy atom. The molecule has 0 aliphatic carbocycles. The number of benzene rings is 1. The van der Waals surface area contributed by atoms with Gasteiger partial charge in [0.25, 0.3) is 0 Å². The van der Waals surface area contributed by atoms with Gasteiger partial charge in [-0.2, -0.15) is 0 Å². The molecule has 0 radical (unpaired) electrons. The molecule has 96 valence electrons. The Morgan fingerprint density at radius 3 is 2.00 bits per heavy atom. The molecule has 1 aromatic rings. The topological polar surface area (TPSA) is 101 Å². The zero-order chi connectivity index (χ0) is 13.3. The third-order valence-corrected chi connectivity index (χ3v) is 3.21. The number of carbonyl (C=O) groups is 1. The Bertz CT molecular complexity index is 341. The van der Waals surface area contributed by atoms with Crippen LogP contribution in [0.5, 0.6) is 0 Å². The maximum absolute atomic E-state index is 10.8. The summed E-state index contributed by atoms with van der Waals surface area (Å²) in [5.41, 5.74) is 10.3. The van der Waals surface area contributed by atoms with Crippen LogP contribution >= 0.6 is 18.7 Å². The van der Waals surface area contributed by atoms with E-state index in [1.807, 2.05) is 9.47 Å². The van der Waals surface area contributed by atoms with Crippen molar-refractivity contribution in [3.63, 3.8) is 0 Å². The quantitative estimate of drug-likeness (QED) is 0.438. The third kappa shape index (κ3) is 6.55. The van der Waals surface area contributed by atoms with Gasteiger partial charge in [0.2, 0.25) is 0 Å². The maximum atomic E-state index is 10.8. The summed E-state index contributed by atoms with van der Waals surface area (Å²) in [5, 5.41) is 9.30. The van der Waals surface area contributed by atoms with Gasteiger partial charge in [0.05, 0.1) is 5.97 Å². The number of rotatable bonds is 4. The molecule has 0 aliphatic heterocycles. The summed E-state index contributed by atoms with van der Waals surface area (Å²) in [6, 6.07) is 8.59. The Balaban J connectivity index is 0. The zero-order valence-electron chi connectivity index (χ0n) is 10.3. The van der Waals surface area contributed by atoms with Crippen LogP contribution in [0.3, 0.4) is 0 Å². The predicted octanol–water partition coefficient (Wildman–Crippen LogP) is -3.82. The van der Waals surface area contributed by atoms with Gasteiger partial charge in [-0.3, -0.25) is 0 Å². The van der Waals surface area contributed by atoms with Crippen LogP contribution in [-0.4, -0.2) is 19.1 Å². The van der Waals surface area contributed by atoms with Crippen molar-refractivity contribution in [1.82, 2.24) is 0 Å². The smallest absolute Gasteiger partial charge is 0.546 e. The number of nitrogens with two attached hydrogens (primary N) is 2. The van der Waals surface area contributed by atoms with Crippen LogP contribution in [0.25, 0.3) is 0 Å². The van der Waals surface area contributed by atoms with Gasteiger partial charge in [0.1, 0.15) is 5.34 Å². The minimum atomic E-state index is -1.48. The van der Waals surface area contributed by atoms with Gasteiger partial charge in [0, 0.05) is 22.6 Å². The van der Waals surface area contributed by atoms with Crippen molar-refractivity contribution in [1.29, 1.82) is 0 Å². The molecule has 1 rings (SSSR count). The van der Waals surface area contributed by atoms with E-state index in [9.17, 15) is 9.90 Å². The van der Waals surface area contributed by atoms with Crippen LogP contribution in [0.4, 0.5) is 0 Å². The van der Waals surface area contributed by atoms with Crippen LogP contribution in [0.1, 0.15) is 5.56 Å². The van der Waals surface area contributed by atoms with E-state index in [1.54, 1.807) is 30.3 Å². The fraction of sp³-hybridized carbons (Fsp3) is 0.300. The second-order valence-electron chi connectivity index (χ2n) is 3.08. The summed E-state index contributed by atoms with van der Waals surface area (Å²) in [5.74, 6) is -1.29. The molecule has 3 unspecified atom stereocenters. The van der Waals surface area contributed by atoms with Gasteiger partial charge in [-0.25, -0.2) is 0 Å². The Morgan fingerprint density at radius 2 is 1.72 bits per heavy atom. The molecule has 4 N–H and O–H groups in total. The summed E-state index contributed by atoms with van der Waals surface area (Å²) in [7, 11) is 4.04. The first-order valence-electron chi connectivity index (χ1n) is 4.86. The fourth-order valence-electron chi connectivity index (χ4n) is 0.920. The van der Waals surface area contributed by atoms with Crippen molar-refractivity contribution in [2.75, 3.05) is 13.1 Å². The number of carbonyl (C=O) groups excluding carboxylic acids is 1. The Kier molecular flexibility index (Phi) is 13.0. The molecule has 3 atom stereocenters. The summed E-state index contributed by atoms with van der Waals surface area (Å²) < 4.78 is 4.80. The standard InChI is InChI=1S/C8H10O3P2.C2H8N2.Na/c9-7(10)8(12,11-13)6-4-2-1-3-5-6;3-1-2-4;/h1-5H,12-13H2,(H,9,10);1-4H2;/q;;+1/p-1. The largest absolute Gasteiger partial charge is 1.00 e. The second kappa shape index (κ2) is 11.3. The molecular formula is C10H17N2NaO3P2. The van der Waals surface area contributed by atoms with E-state index in [1.165, 1.54) is 0 Å². The molecule has 0 saturated heterocycles. The minimum Gasteiger partial charge on any atom is -0.546 e. The van der Waals surface area contributed by atoms with Crippen LogP contribution in [0, 0.1) is 0 Å². The van der Waals surface area contributed by atoms with E-state index >= 15 is 0 Å². The van der Waals surface area contributed by atoms with Crippen LogP contribution in [0.15, 0.2) is 30.3 Å². The number of carboxylic acid groups (broad SMARTS) is 1. The summed E-state index contributed by atoms with van der Waals surface area (Å²) in [4.78, 5) is 10.8. The van der Waals surface area contributed by atoms with E-state index in [0.29, 0.717) is 18.7 Å². The molecule has 0 amide bonds. The normalized spacial score (nSPS) is 12.4. The molecule has 0 aliphatic rings. The molecule has 8 heteroatoms. The van der Waals surface area contributed by atoms with Crippen LogP contribution in [-0.2, 0) is 14.7 Å². The van der Waals surface area contributed by atoms with Crippen LogP contribution < -0.4 is 46.1 Å². The number of hydrogen-bond acceptors (Lipinski definition) is 5. The first-order chi connectivity index (χ1) is 8.02. The van der Waals surface area contributed by atoms with Gasteiger partial charge >= 0.3 is 29.6 Å². The molecule has 0 fully saturated rings. The van der Waals surface area contributed by atoms with Gasteiger partial charge in [-0.05, 0) is 5.56 Å². The zero-order valence-corrected chi connectivity index (χ0v) is 14.6. The molecule has 0 aromatic heterocycles. The molecular weight excluding hydrogens is 281 g/mol. The van der Waals surface area contributed by atoms with Crippen LogP contribution in [0.2, 0.25) is 0 Å².